The third-order valence-electron chi connectivity index (χ3n) is 4.35. The van der Waals surface area contributed by atoms with Gasteiger partial charge in [0.15, 0.2) is 0 Å². The number of rotatable bonds is 3. The predicted octanol–water partition coefficient (Wildman–Crippen LogP) is 2.42. The zero-order valence-corrected chi connectivity index (χ0v) is 11.8. The summed E-state index contributed by atoms with van der Waals surface area (Å²) in [5.41, 5.74) is 6.16. The van der Waals surface area contributed by atoms with Gasteiger partial charge in [0.25, 0.3) is 0 Å². The minimum Gasteiger partial charge on any atom is -0.444 e. The Morgan fingerprint density at radius 3 is 2.33 bits per heavy atom. The number of nitrogens with two attached hydrogens (primary N) is 1. The van der Waals surface area contributed by atoms with E-state index < -0.39 is 5.60 Å². The quantitative estimate of drug-likeness (QED) is 0.813. The van der Waals surface area contributed by atoms with Crippen molar-refractivity contribution >= 4 is 6.09 Å². The molecule has 0 aliphatic heterocycles. The van der Waals surface area contributed by atoms with E-state index in [-0.39, 0.29) is 11.5 Å². The molecule has 0 aromatic carbocycles. The summed E-state index contributed by atoms with van der Waals surface area (Å²) in [5.74, 6) is 0. The number of hydrogen-bond acceptors (Lipinski definition) is 3. The molecule has 18 heavy (non-hydrogen) atoms. The number of nitrogens with one attached hydrogen (secondary N) is 1. The first-order chi connectivity index (χ1) is 8.28. The van der Waals surface area contributed by atoms with Crippen molar-refractivity contribution < 1.29 is 9.53 Å². The lowest BCUT2D eigenvalue weighted by molar-refractivity contribution is -0.0897. The van der Waals surface area contributed by atoms with Gasteiger partial charge in [-0.3, -0.25) is 0 Å². The van der Waals surface area contributed by atoms with Crippen LogP contribution in [0, 0.1) is 10.8 Å². The van der Waals surface area contributed by atoms with E-state index in [0.717, 1.165) is 0 Å². The summed E-state index contributed by atoms with van der Waals surface area (Å²) in [4.78, 5) is 11.6. The second-order valence-corrected chi connectivity index (χ2v) is 7.27. The van der Waals surface area contributed by atoms with Gasteiger partial charge >= 0.3 is 6.09 Å². The summed E-state index contributed by atoms with van der Waals surface area (Å²) in [5, 5.41) is 2.88. The topological polar surface area (TPSA) is 64.3 Å². The summed E-state index contributed by atoms with van der Waals surface area (Å²) in [6.45, 7) is 6.93. The van der Waals surface area contributed by atoms with Crippen LogP contribution in [0.15, 0.2) is 0 Å². The van der Waals surface area contributed by atoms with Gasteiger partial charge < -0.3 is 15.8 Å². The Hall–Kier alpha value is -0.770. The summed E-state index contributed by atoms with van der Waals surface area (Å²) in [7, 11) is 0. The Kier molecular flexibility index (Phi) is 3.34. The average Bonchev–Trinajstić information content (AvgIpc) is 2.11. The van der Waals surface area contributed by atoms with Gasteiger partial charge in [0.2, 0.25) is 0 Å². The van der Waals surface area contributed by atoms with Crippen molar-refractivity contribution in [2.24, 2.45) is 16.6 Å². The van der Waals surface area contributed by atoms with Gasteiger partial charge in [0.1, 0.15) is 5.60 Å². The van der Waals surface area contributed by atoms with E-state index in [1.807, 2.05) is 20.8 Å². The molecular formula is C14H26N2O2. The third-order valence-corrected chi connectivity index (χ3v) is 4.35. The molecule has 4 heteroatoms. The molecule has 2 fully saturated rings. The van der Waals surface area contributed by atoms with Crippen LogP contribution in [0.4, 0.5) is 4.79 Å². The van der Waals surface area contributed by atoms with E-state index in [2.05, 4.69) is 5.32 Å². The summed E-state index contributed by atoms with van der Waals surface area (Å²) < 4.78 is 5.25. The van der Waals surface area contributed by atoms with Crippen LogP contribution in [0.3, 0.4) is 0 Å². The van der Waals surface area contributed by atoms with Crippen LogP contribution in [0.2, 0.25) is 0 Å². The van der Waals surface area contributed by atoms with Crippen LogP contribution in [-0.4, -0.2) is 24.8 Å². The van der Waals surface area contributed by atoms with E-state index in [9.17, 15) is 4.79 Å². The van der Waals surface area contributed by atoms with Crippen LogP contribution < -0.4 is 11.1 Å². The molecular weight excluding hydrogens is 228 g/mol. The summed E-state index contributed by atoms with van der Waals surface area (Å²) in [6.07, 6.45) is 6.08. The molecule has 1 amide bonds. The normalized spacial score (nSPS) is 24.0. The monoisotopic (exact) mass is 254 g/mol. The molecule has 1 spiro atoms. The van der Waals surface area contributed by atoms with Crippen LogP contribution >= 0.6 is 0 Å². The van der Waals surface area contributed by atoms with E-state index in [1.54, 1.807) is 0 Å². The maximum Gasteiger partial charge on any atom is 0.407 e. The molecule has 4 nitrogen and oxygen atoms in total. The maximum atomic E-state index is 11.6. The fraction of sp³-hybridized carbons (Fsp3) is 0.929. The SMILES string of the molecule is CC(C)(C)OC(=O)NCC1(CN)CC2(CCC2)C1. The lowest BCUT2D eigenvalue weighted by Crippen LogP contribution is -2.58. The van der Waals surface area contributed by atoms with E-state index in [4.69, 9.17) is 10.5 Å². The van der Waals surface area contributed by atoms with Gasteiger partial charge in [-0.25, -0.2) is 4.79 Å². The molecule has 0 aromatic rings. The maximum absolute atomic E-state index is 11.6. The Morgan fingerprint density at radius 2 is 1.94 bits per heavy atom. The highest BCUT2D eigenvalue weighted by Gasteiger charge is 2.56. The Bertz CT molecular complexity index is 321. The van der Waals surface area contributed by atoms with Crippen molar-refractivity contribution in [3.8, 4) is 0 Å². The van der Waals surface area contributed by atoms with Crippen molar-refractivity contribution in [2.45, 2.75) is 58.5 Å². The molecule has 2 aliphatic rings. The molecule has 2 aliphatic carbocycles. The lowest BCUT2D eigenvalue weighted by Gasteiger charge is -2.61. The number of carbonyl (C=O) groups is 1. The highest BCUT2D eigenvalue weighted by atomic mass is 16.6. The van der Waals surface area contributed by atoms with Crippen molar-refractivity contribution in [3.63, 3.8) is 0 Å². The van der Waals surface area contributed by atoms with Gasteiger partial charge in [-0.2, -0.15) is 0 Å². The minimum atomic E-state index is -0.436. The predicted molar refractivity (Wildman–Crippen MR) is 71.2 cm³/mol. The van der Waals surface area contributed by atoms with Gasteiger partial charge in [0.05, 0.1) is 0 Å². The molecule has 0 radical (unpaired) electrons. The molecule has 0 unspecified atom stereocenters. The summed E-state index contributed by atoms with van der Waals surface area (Å²) in [6, 6.07) is 0. The molecule has 0 saturated heterocycles. The first-order valence-electron chi connectivity index (χ1n) is 6.95. The van der Waals surface area contributed by atoms with Crippen molar-refractivity contribution in [2.75, 3.05) is 13.1 Å². The fourth-order valence-electron chi connectivity index (χ4n) is 3.48. The third kappa shape index (κ3) is 2.79. The molecule has 3 N–H and O–H groups in total. The second kappa shape index (κ2) is 4.41. The largest absolute Gasteiger partial charge is 0.444 e. The number of ether oxygens (including phenoxy) is 1. The number of amides is 1. The van der Waals surface area contributed by atoms with Crippen molar-refractivity contribution in [3.05, 3.63) is 0 Å². The molecule has 2 saturated carbocycles. The van der Waals surface area contributed by atoms with Crippen molar-refractivity contribution in [1.29, 1.82) is 0 Å². The second-order valence-electron chi connectivity index (χ2n) is 7.27. The molecule has 0 bridgehead atoms. The Morgan fingerprint density at radius 1 is 1.33 bits per heavy atom. The average molecular weight is 254 g/mol. The van der Waals surface area contributed by atoms with Crippen LogP contribution in [0.25, 0.3) is 0 Å². The van der Waals surface area contributed by atoms with Gasteiger partial charge in [-0.1, -0.05) is 6.42 Å². The first kappa shape index (κ1) is 13.7. The Labute approximate surface area is 110 Å². The molecule has 0 atom stereocenters. The molecule has 0 aromatic heterocycles. The standard InChI is InChI=1S/C14H26N2O2/c1-12(2,3)18-11(17)16-10-14(9-15)7-13(8-14)5-4-6-13/h4-10,15H2,1-3H3,(H,16,17). The van der Waals surface area contributed by atoms with E-state index >= 15 is 0 Å². The fourth-order valence-corrected chi connectivity index (χ4v) is 3.48. The highest BCUT2D eigenvalue weighted by molar-refractivity contribution is 5.67. The molecule has 104 valence electrons. The zero-order valence-electron chi connectivity index (χ0n) is 11.8. The van der Waals surface area contributed by atoms with Crippen LogP contribution in [0.5, 0.6) is 0 Å². The van der Waals surface area contributed by atoms with Crippen LogP contribution in [-0.2, 0) is 4.74 Å². The lowest BCUT2D eigenvalue weighted by atomic mass is 9.45. The number of carbonyl (C=O) groups excluding carboxylic acids is 1. The molecule has 0 heterocycles. The Balaban J connectivity index is 1.77. The van der Waals surface area contributed by atoms with Crippen molar-refractivity contribution in [1.82, 2.24) is 5.32 Å². The smallest absolute Gasteiger partial charge is 0.407 e. The van der Waals surface area contributed by atoms with Gasteiger partial charge in [0, 0.05) is 12.0 Å². The first-order valence-corrected chi connectivity index (χ1v) is 6.95. The number of alkyl carbamates (subject to hydrolysis) is 1. The minimum absolute atomic E-state index is 0.122. The highest BCUT2D eigenvalue weighted by Crippen LogP contribution is 2.63. The zero-order chi connectivity index (χ0) is 13.4. The van der Waals surface area contributed by atoms with Gasteiger partial charge in [-0.05, 0) is 58.4 Å². The van der Waals surface area contributed by atoms with Crippen LogP contribution in [0.1, 0.15) is 52.9 Å². The number of hydrogen-bond donors (Lipinski definition) is 2. The molecule has 2 rings (SSSR count). The van der Waals surface area contributed by atoms with Gasteiger partial charge in [-0.15, -0.1) is 0 Å². The van der Waals surface area contributed by atoms with E-state index in [0.29, 0.717) is 18.5 Å². The van der Waals surface area contributed by atoms with E-state index in [1.165, 1.54) is 32.1 Å². The summed E-state index contributed by atoms with van der Waals surface area (Å²) >= 11 is 0.